The Kier molecular flexibility index (Phi) is 6.42. The van der Waals surface area contributed by atoms with Gasteiger partial charge in [-0.05, 0) is 62.4 Å². The average molecular weight is 460 g/mol. The number of benzene rings is 1. The molecule has 0 radical (unpaired) electrons. The molecule has 34 heavy (non-hydrogen) atoms. The molecule has 1 aliphatic carbocycles. The van der Waals surface area contributed by atoms with Crippen molar-refractivity contribution in [2.24, 2.45) is 0 Å². The van der Waals surface area contributed by atoms with E-state index in [1.807, 2.05) is 36.4 Å². The van der Waals surface area contributed by atoms with Gasteiger partial charge in [-0.15, -0.1) is 0 Å². The number of fused-ring (bicyclic) bond motifs is 3. The second-order valence-electron chi connectivity index (χ2n) is 9.45. The van der Waals surface area contributed by atoms with Gasteiger partial charge < -0.3 is 14.1 Å². The molecule has 6 heteroatoms. The molecule has 6 nitrogen and oxygen atoms in total. The van der Waals surface area contributed by atoms with Gasteiger partial charge in [-0.1, -0.05) is 0 Å². The number of hydrogen-bond acceptors (Lipinski definition) is 5. The standard InChI is InChI=1S/C28H33N3O3/c1-19(16-26(32)31-14-12-30(13-15-31)18-21-8-10-29-11-9-21)23-17-24-22-6-4-5-7-25(22)34-28(24)20(2)27(23)33-3/h8-11,16-17H,4-7,12-15,18H2,1-3H3/b19-16+. The SMILES string of the molecule is COc1c(/C(C)=C/C(=O)N2CCN(Cc3ccncc3)CC2)cc2c3c(oc2c1C)CCCC3. The molecule has 0 N–H and O–H groups in total. The maximum atomic E-state index is 13.1. The first-order chi connectivity index (χ1) is 16.5. The van der Waals surface area contributed by atoms with E-state index < -0.39 is 0 Å². The fourth-order valence-corrected chi connectivity index (χ4v) is 5.32. The highest BCUT2D eigenvalue weighted by Crippen LogP contribution is 2.41. The number of ether oxygens (including phenoxy) is 1. The first-order valence-electron chi connectivity index (χ1n) is 12.3. The molecule has 5 rings (SSSR count). The second kappa shape index (κ2) is 9.63. The maximum absolute atomic E-state index is 13.1. The summed E-state index contributed by atoms with van der Waals surface area (Å²) in [7, 11) is 1.69. The summed E-state index contributed by atoms with van der Waals surface area (Å²) in [4.78, 5) is 21.6. The van der Waals surface area contributed by atoms with Crippen LogP contribution in [-0.4, -0.2) is 54.0 Å². The van der Waals surface area contributed by atoms with Gasteiger partial charge in [0.1, 0.15) is 17.1 Å². The Hall–Kier alpha value is -3.12. The molecule has 178 valence electrons. The first kappa shape index (κ1) is 22.7. The van der Waals surface area contributed by atoms with Crippen LogP contribution in [0.5, 0.6) is 5.75 Å². The van der Waals surface area contributed by atoms with Crippen LogP contribution in [0, 0.1) is 6.92 Å². The summed E-state index contributed by atoms with van der Waals surface area (Å²) >= 11 is 0. The molecule has 2 aliphatic rings. The lowest BCUT2D eigenvalue weighted by atomic mass is 9.93. The van der Waals surface area contributed by atoms with E-state index in [1.165, 1.54) is 29.4 Å². The van der Waals surface area contributed by atoms with E-state index in [9.17, 15) is 4.79 Å². The Morgan fingerprint density at radius 3 is 2.62 bits per heavy atom. The van der Waals surface area contributed by atoms with E-state index in [2.05, 4.69) is 22.9 Å². The van der Waals surface area contributed by atoms with Crippen LogP contribution in [0.25, 0.3) is 16.5 Å². The summed E-state index contributed by atoms with van der Waals surface area (Å²) in [6.45, 7) is 8.16. The zero-order valence-corrected chi connectivity index (χ0v) is 20.4. The molecular formula is C28H33N3O3. The van der Waals surface area contributed by atoms with Crippen molar-refractivity contribution in [3.63, 3.8) is 0 Å². The largest absolute Gasteiger partial charge is 0.496 e. The van der Waals surface area contributed by atoms with E-state index in [4.69, 9.17) is 9.15 Å². The fourth-order valence-electron chi connectivity index (χ4n) is 5.32. The van der Waals surface area contributed by atoms with Gasteiger partial charge in [0.2, 0.25) is 5.91 Å². The lowest BCUT2D eigenvalue weighted by Gasteiger charge is -2.34. The minimum atomic E-state index is 0.0649. The number of carbonyl (C=O) groups excluding carboxylic acids is 1. The molecule has 3 heterocycles. The molecule has 2 aromatic heterocycles. The normalized spacial score (nSPS) is 17.1. The summed E-state index contributed by atoms with van der Waals surface area (Å²) in [6.07, 6.45) is 9.86. The molecule has 0 saturated carbocycles. The number of furan rings is 1. The van der Waals surface area contributed by atoms with Crippen LogP contribution in [-0.2, 0) is 24.2 Å². The molecule has 1 saturated heterocycles. The van der Waals surface area contributed by atoms with Crippen molar-refractivity contribution in [2.45, 2.75) is 46.1 Å². The highest BCUT2D eigenvalue weighted by atomic mass is 16.5. The Balaban J connectivity index is 1.34. The van der Waals surface area contributed by atoms with E-state index in [1.54, 1.807) is 13.2 Å². The predicted octanol–water partition coefficient (Wildman–Crippen LogP) is 4.77. The number of aryl methyl sites for hydroxylation is 3. The summed E-state index contributed by atoms with van der Waals surface area (Å²) < 4.78 is 12.0. The number of methoxy groups -OCH3 is 1. The zero-order valence-electron chi connectivity index (χ0n) is 20.4. The van der Waals surface area contributed by atoms with Crippen LogP contribution in [0.4, 0.5) is 0 Å². The van der Waals surface area contributed by atoms with Crippen LogP contribution in [0.1, 0.15) is 47.8 Å². The zero-order chi connectivity index (χ0) is 23.7. The smallest absolute Gasteiger partial charge is 0.246 e. The molecular weight excluding hydrogens is 426 g/mol. The van der Waals surface area contributed by atoms with Crippen molar-refractivity contribution in [1.82, 2.24) is 14.8 Å². The topological polar surface area (TPSA) is 58.8 Å². The number of pyridine rings is 1. The Morgan fingerprint density at radius 2 is 1.88 bits per heavy atom. The number of carbonyl (C=O) groups is 1. The molecule has 1 aromatic carbocycles. The Morgan fingerprint density at radius 1 is 1.15 bits per heavy atom. The van der Waals surface area contributed by atoms with Crippen molar-refractivity contribution in [3.8, 4) is 5.75 Å². The minimum absolute atomic E-state index is 0.0649. The van der Waals surface area contributed by atoms with Crippen LogP contribution >= 0.6 is 0 Å². The van der Waals surface area contributed by atoms with E-state index in [0.29, 0.717) is 0 Å². The van der Waals surface area contributed by atoms with Crippen molar-refractivity contribution < 1.29 is 13.9 Å². The highest BCUT2D eigenvalue weighted by molar-refractivity contribution is 5.98. The number of nitrogens with zero attached hydrogens (tertiary/aromatic N) is 3. The van der Waals surface area contributed by atoms with E-state index >= 15 is 0 Å². The molecule has 1 amide bonds. The van der Waals surface area contributed by atoms with Crippen LogP contribution in [0.3, 0.4) is 0 Å². The molecule has 3 aromatic rings. The van der Waals surface area contributed by atoms with Gasteiger partial charge in [0.05, 0.1) is 7.11 Å². The molecule has 1 fully saturated rings. The van der Waals surface area contributed by atoms with E-state index in [0.717, 1.165) is 79.4 Å². The third-order valence-electron chi connectivity index (χ3n) is 7.24. The van der Waals surface area contributed by atoms with Crippen molar-refractivity contribution in [3.05, 3.63) is 64.7 Å². The van der Waals surface area contributed by atoms with Gasteiger partial charge >= 0.3 is 0 Å². The van der Waals surface area contributed by atoms with Crippen LogP contribution in [0.2, 0.25) is 0 Å². The molecule has 1 aliphatic heterocycles. The Bertz CT molecular complexity index is 1220. The van der Waals surface area contributed by atoms with Gasteiger partial charge in [0, 0.05) is 79.7 Å². The summed E-state index contributed by atoms with van der Waals surface area (Å²) in [5, 5.41) is 1.17. The average Bonchev–Trinajstić information content (AvgIpc) is 3.24. The number of aromatic nitrogens is 1. The fraction of sp³-hybridized carbons (Fsp3) is 0.429. The minimum Gasteiger partial charge on any atom is -0.496 e. The second-order valence-corrected chi connectivity index (χ2v) is 9.45. The quantitative estimate of drug-likeness (QED) is 0.515. The maximum Gasteiger partial charge on any atom is 0.246 e. The molecule has 0 unspecified atom stereocenters. The number of allylic oxidation sites excluding steroid dienone is 1. The summed E-state index contributed by atoms with van der Waals surface area (Å²) in [5.41, 5.74) is 6.43. The Labute approximate surface area is 201 Å². The summed E-state index contributed by atoms with van der Waals surface area (Å²) in [6, 6.07) is 6.26. The lowest BCUT2D eigenvalue weighted by Crippen LogP contribution is -2.47. The number of amides is 1. The van der Waals surface area contributed by atoms with Crippen molar-refractivity contribution in [1.29, 1.82) is 0 Å². The number of hydrogen-bond donors (Lipinski definition) is 0. The lowest BCUT2D eigenvalue weighted by molar-refractivity contribution is -0.127. The van der Waals surface area contributed by atoms with Crippen molar-refractivity contribution >= 4 is 22.4 Å². The van der Waals surface area contributed by atoms with Gasteiger partial charge in [-0.3, -0.25) is 14.7 Å². The number of rotatable bonds is 5. The van der Waals surface area contributed by atoms with Gasteiger partial charge in [-0.2, -0.15) is 0 Å². The number of piperazine rings is 1. The van der Waals surface area contributed by atoms with Gasteiger partial charge in [0.15, 0.2) is 0 Å². The summed E-state index contributed by atoms with van der Waals surface area (Å²) in [5.74, 6) is 1.98. The predicted molar refractivity (Wildman–Crippen MR) is 134 cm³/mol. The molecule has 0 bridgehead atoms. The highest BCUT2D eigenvalue weighted by Gasteiger charge is 2.24. The molecule has 0 atom stereocenters. The van der Waals surface area contributed by atoms with Gasteiger partial charge in [-0.25, -0.2) is 0 Å². The third kappa shape index (κ3) is 4.34. The van der Waals surface area contributed by atoms with Crippen LogP contribution in [0.15, 0.2) is 41.1 Å². The monoisotopic (exact) mass is 459 g/mol. The third-order valence-corrected chi connectivity index (χ3v) is 7.24. The molecule has 0 spiro atoms. The van der Waals surface area contributed by atoms with Gasteiger partial charge in [0.25, 0.3) is 0 Å². The first-order valence-corrected chi connectivity index (χ1v) is 12.3. The van der Waals surface area contributed by atoms with Crippen LogP contribution < -0.4 is 4.74 Å². The van der Waals surface area contributed by atoms with Crippen molar-refractivity contribution in [2.75, 3.05) is 33.3 Å². The van der Waals surface area contributed by atoms with E-state index in [-0.39, 0.29) is 5.91 Å².